The number of methoxy groups -OCH3 is 1. The molecule has 4 rings (SSSR count). The fourth-order valence-electron chi connectivity index (χ4n) is 3.43. The Hall–Kier alpha value is -3.27. The van der Waals surface area contributed by atoms with Crippen LogP contribution >= 0.6 is 0 Å². The molecular weight excluding hydrogens is 336 g/mol. The van der Waals surface area contributed by atoms with E-state index in [0.29, 0.717) is 5.56 Å². The number of amides is 1. The third kappa shape index (κ3) is 3.14. The minimum absolute atomic E-state index is 0.00517. The maximum absolute atomic E-state index is 13.3. The molecule has 0 aliphatic carbocycles. The molecule has 0 fully saturated rings. The second kappa shape index (κ2) is 7.16. The monoisotopic (exact) mass is 358 g/mol. The van der Waals surface area contributed by atoms with Crippen LogP contribution in [0, 0.1) is 0 Å². The molecule has 1 aliphatic heterocycles. The predicted molar refractivity (Wildman–Crippen MR) is 108 cm³/mol. The molecule has 27 heavy (non-hydrogen) atoms. The van der Waals surface area contributed by atoms with Crippen molar-refractivity contribution in [1.29, 1.82) is 0 Å². The molecule has 4 nitrogen and oxygen atoms in total. The summed E-state index contributed by atoms with van der Waals surface area (Å²) in [7, 11) is 1.65. The number of nitrogens with one attached hydrogen (secondary N) is 1. The third-order valence-corrected chi connectivity index (χ3v) is 4.98. The van der Waals surface area contributed by atoms with Gasteiger partial charge in [0.2, 0.25) is 0 Å². The van der Waals surface area contributed by atoms with Crippen LogP contribution in [0.5, 0.6) is 5.75 Å². The van der Waals surface area contributed by atoms with Crippen LogP contribution in [0.1, 0.15) is 34.6 Å². The number of fused-ring (bicyclic) bond motifs is 1. The van der Waals surface area contributed by atoms with Gasteiger partial charge >= 0.3 is 0 Å². The SMILES string of the molecule is CCc1ccc(N2C(=O)c3ccccc3NC2c2ccc(OC)cc2)cc1. The van der Waals surface area contributed by atoms with E-state index in [0.717, 1.165) is 29.1 Å². The van der Waals surface area contributed by atoms with Crippen LogP contribution < -0.4 is 15.0 Å². The Bertz CT molecular complexity index is 949. The lowest BCUT2D eigenvalue weighted by Crippen LogP contribution is -2.43. The fourth-order valence-corrected chi connectivity index (χ4v) is 3.43. The first-order valence-corrected chi connectivity index (χ1v) is 9.13. The minimum Gasteiger partial charge on any atom is -0.497 e. The Morgan fingerprint density at radius 1 is 0.963 bits per heavy atom. The van der Waals surface area contributed by atoms with Crippen LogP contribution in [0.4, 0.5) is 11.4 Å². The van der Waals surface area contributed by atoms with E-state index < -0.39 is 0 Å². The molecule has 1 amide bonds. The maximum Gasteiger partial charge on any atom is 0.262 e. The van der Waals surface area contributed by atoms with E-state index in [1.165, 1.54) is 5.56 Å². The van der Waals surface area contributed by atoms with Gasteiger partial charge in [0.1, 0.15) is 11.9 Å². The van der Waals surface area contributed by atoms with E-state index in [9.17, 15) is 4.79 Å². The average molecular weight is 358 g/mol. The smallest absolute Gasteiger partial charge is 0.262 e. The number of ether oxygens (including phenoxy) is 1. The summed E-state index contributed by atoms with van der Waals surface area (Å²) in [6.45, 7) is 2.12. The van der Waals surface area contributed by atoms with Crippen LogP contribution in [-0.4, -0.2) is 13.0 Å². The average Bonchev–Trinajstić information content (AvgIpc) is 2.74. The van der Waals surface area contributed by atoms with Crippen molar-refractivity contribution in [2.24, 2.45) is 0 Å². The van der Waals surface area contributed by atoms with Gasteiger partial charge in [-0.15, -0.1) is 0 Å². The van der Waals surface area contributed by atoms with Crippen molar-refractivity contribution in [3.63, 3.8) is 0 Å². The van der Waals surface area contributed by atoms with Crippen molar-refractivity contribution in [2.75, 3.05) is 17.3 Å². The van der Waals surface area contributed by atoms with Gasteiger partial charge in [-0.1, -0.05) is 43.3 Å². The quantitative estimate of drug-likeness (QED) is 0.711. The molecule has 1 N–H and O–H groups in total. The summed E-state index contributed by atoms with van der Waals surface area (Å²) in [6.07, 6.45) is 0.683. The van der Waals surface area contributed by atoms with Crippen molar-refractivity contribution >= 4 is 17.3 Å². The minimum atomic E-state index is -0.286. The molecule has 0 spiro atoms. The molecule has 4 heteroatoms. The first-order chi connectivity index (χ1) is 13.2. The lowest BCUT2D eigenvalue weighted by molar-refractivity contribution is 0.0975. The van der Waals surface area contributed by atoms with Gasteiger partial charge in [-0.25, -0.2) is 0 Å². The number of hydrogen-bond donors (Lipinski definition) is 1. The molecule has 136 valence electrons. The van der Waals surface area contributed by atoms with Gasteiger partial charge in [-0.3, -0.25) is 9.69 Å². The summed E-state index contributed by atoms with van der Waals surface area (Å²) in [5.41, 5.74) is 4.65. The van der Waals surface area contributed by atoms with Gasteiger partial charge in [0.25, 0.3) is 5.91 Å². The number of carbonyl (C=O) groups excluding carboxylic acids is 1. The largest absolute Gasteiger partial charge is 0.497 e. The Balaban J connectivity index is 1.80. The normalized spacial score (nSPS) is 15.9. The van der Waals surface area contributed by atoms with Gasteiger partial charge in [0, 0.05) is 11.4 Å². The molecule has 0 bridgehead atoms. The Kier molecular flexibility index (Phi) is 4.55. The number of para-hydroxylation sites is 1. The van der Waals surface area contributed by atoms with Crippen LogP contribution in [0.25, 0.3) is 0 Å². The summed E-state index contributed by atoms with van der Waals surface area (Å²) in [6, 6.07) is 23.6. The van der Waals surface area contributed by atoms with E-state index in [1.807, 2.05) is 65.6 Å². The predicted octanol–water partition coefficient (Wildman–Crippen LogP) is 5.03. The second-order valence-electron chi connectivity index (χ2n) is 6.56. The number of rotatable bonds is 4. The van der Waals surface area contributed by atoms with Gasteiger partial charge < -0.3 is 10.1 Å². The van der Waals surface area contributed by atoms with Gasteiger partial charge in [-0.2, -0.15) is 0 Å². The van der Waals surface area contributed by atoms with E-state index in [4.69, 9.17) is 4.74 Å². The Labute approximate surface area is 159 Å². The molecule has 1 unspecified atom stereocenters. The van der Waals surface area contributed by atoms with Gasteiger partial charge in [0.05, 0.1) is 12.7 Å². The van der Waals surface area contributed by atoms with E-state index in [-0.39, 0.29) is 12.1 Å². The van der Waals surface area contributed by atoms with Crippen molar-refractivity contribution in [3.05, 3.63) is 89.5 Å². The molecule has 0 radical (unpaired) electrons. The van der Waals surface area contributed by atoms with E-state index in [1.54, 1.807) is 7.11 Å². The van der Waals surface area contributed by atoms with Crippen molar-refractivity contribution in [3.8, 4) is 5.75 Å². The molecule has 1 heterocycles. The summed E-state index contributed by atoms with van der Waals surface area (Å²) in [5, 5.41) is 3.52. The van der Waals surface area contributed by atoms with Crippen molar-refractivity contribution in [2.45, 2.75) is 19.5 Å². The van der Waals surface area contributed by atoms with E-state index >= 15 is 0 Å². The highest BCUT2D eigenvalue weighted by molar-refractivity contribution is 6.12. The van der Waals surface area contributed by atoms with E-state index in [2.05, 4.69) is 24.4 Å². The number of benzene rings is 3. The fraction of sp³-hybridized carbons (Fsp3) is 0.174. The number of nitrogens with zero attached hydrogens (tertiary/aromatic N) is 1. The van der Waals surface area contributed by atoms with Crippen LogP contribution in [-0.2, 0) is 6.42 Å². The van der Waals surface area contributed by atoms with Crippen LogP contribution in [0.3, 0.4) is 0 Å². The molecule has 1 aliphatic rings. The van der Waals surface area contributed by atoms with Crippen molar-refractivity contribution in [1.82, 2.24) is 0 Å². The summed E-state index contributed by atoms with van der Waals surface area (Å²) in [5.74, 6) is 0.787. The number of aryl methyl sites for hydroxylation is 1. The van der Waals surface area contributed by atoms with Crippen LogP contribution in [0.15, 0.2) is 72.8 Å². The Morgan fingerprint density at radius 2 is 1.67 bits per heavy atom. The zero-order valence-corrected chi connectivity index (χ0v) is 15.5. The highest BCUT2D eigenvalue weighted by Gasteiger charge is 2.33. The standard InChI is InChI=1S/C23H22N2O2/c1-3-16-8-12-18(13-9-16)25-22(17-10-14-19(27-2)15-11-17)24-21-7-5-4-6-20(21)23(25)26/h4-15,22,24H,3H2,1-2H3. The maximum atomic E-state index is 13.3. The lowest BCUT2D eigenvalue weighted by atomic mass is 10.0. The summed E-state index contributed by atoms with van der Waals surface area (Å²) < 4.78 is 5.27. The highest BCUT2D eigenvalue weighted by atomic mass is 16.5. The third-order valence-electron chi connectivity index (χ3n) is 4.98. The van der Waals surface area contributed by atoms with Crippen molar-refractivity contribution < 1.29 is 9.53 Å². The molecular formula is C23H22N2O2. The second-order valence-corrected chi connectivity index (χ2v) is 6.56. The molecule has 3 aromatic carbocycles. The molecule has 0 saturated heterocycles. The molecule has 3 aromatic rings. The topological polar surface area (TPSA) is 41.6 Å². The number of anilines is 2. The number of hydrogen-bond acceptors (Lipinski definition) is 3. The van der Waals surface area contributed by atoms with Crippen LogP contribution in [0.2, 0.25) is 0 Å². The first-order valence-electron chi connectivity index (χ1n) is 9.13. The first kappa shape index (κ1) is 17.2. The lowest BCUT2D eigenvalue weighted by Gasteiger charge is -2.38. The molecule has 1 atom stereocenters. The van der Waals surface area contributed by atoms with Gasteiger partial charge in [0.15, 0.2) is 0 Å². The Morgan fingerprint density at radius 3 is 2.33 bits per heavy atom. The van der Waals surface area contributed by atoms with Gasteiger partial charge in [-0.05, 0) is 53.9 Å². The highest BCUT2D eigenvalue weighted by Crippen LogP contribution is 2.37. The molecule has 0 saturated carbocycles. The summed E-state index contributed by atoms with van der Waals surface area (Å²) >= 11 is 0. The molecule has 0 aromatic heterocycles. The number of carbonyl (C=O) groups is 1. The zero-order chi connectivity index (χ0) is 18.8. The summed E-state index contributed by atoms with van der Waals surface area (Å²) in [4.78, 5) is 15.2. The zero-order valence-electron chi connectivity index (χ0n) is 15.5.